The first kappa shape index (κ1) is 30.4. The van der Waals surface area contributed by atoms with Crippen molar-refractivity contribution in [2.24, 2.45) is 0 Å². The summed E-state index contributed by atoms with van der Waals surface area (Å²) in [6, 6.07) is 49.9. The van der Waals surface area contributed by atoms with E-state index in [1.54, 1.807) is 6.20 Å². The molecule has 258 valence electrons. The quantitative estimate of drug-likeness (QED) is 0.176. The van der Waals surface area contributed by atoms with Gasteiger partial charge in [-0.2, -0.15) is 10.5 Å². The van der Waals surface area contributed by atoms with Gasteiger partial charge in [0.05, 0.1) is 62.4 Å². The Morgan fingerprint density at radius 3 is 1.95 bits per heavy atom. The number of rotatable bonds is 2. The van der Waals surface area contributed by atoms with Crippen LogP contribution in [0.25, 0.3) is 66.4 Å². The molecule has 10 aromatic rings. The number of fused-ring (bicyclic) bond motifs is 15. The van der Waals surface area contributed by atoms with Crippen molar-refractivity contribution < 1.29 is 4.74 Å². The smallest absolute Gasteiger partial charge is 0.141 e. The Morgan fingerprint density at radius 1 is 0.518 bits per heavy atom. The zero-order valence-corrected chi connectivity index (χ0v) is 29.5. The second-order valence-corrected chi connectivity index (χ2v) is 14.2. The Kier molecular flexibility index (Phi) is 5.96. The van der Waals surface area contributed by atoms with Gasteiger partial charge in [-0.05, 0) is 77.9 Å². The molecule has 1 aliphatic heterocycles. The maximum Gasteiger partial charge on any atom is 0.141 e. The second-order valence-electron chi connectivity index (χ2n) is 14.2. The molecule has 0 amide bonds. The fraction of sp³-hybridized carbons (Fsp3) is 0.0208. The third-order valence-corrected chi connectivity index (χ3v) is 11.6. The minimum atomic E-state index is -0.862. The molecular weight excluding hydrogens is 691 g/mol. The van der Waals surface area contributed by atoms with Crippen LogP contribution in [-0.4, -0.2) is 24.1 Å². The molecular formula is C48H25N7O. The fourth-order valence-electron chi connectivity index (χ4n) is 9.47. The third kappa shape index (κ3) is 3.76. The maximum absolute atomic E-state index is 9.87. The Morgan fingerprint density at radius 2 is 1.21 bits per heavy atom. The lowest BCUT2D eigenvalue weighted by Gasteiger charge is -2.40. The van der Waals surface area contributed by atoms with Gasteiger partial charge in [0.2, 0.25) is 0 Å². The number of ether oxygens (including phenoxy) is 1. The van der Waals surface area contributed by atoms with Gasteiger partial charge in [-0.1, -0.05) is 60.7 Å². The standard InChI is InChI=1S/C48H25N7O/c49-25-28-16-19-40-33(22-28)31-8-2-4-13-39(31)55(40)41-14-5-15-43-45(41)48(36-10-6-20-51-46(36)47-37(48)11-7-21-52-47)35-18-17-30(24-44(35)56-43)54-38-12-3-1-9-32(38)34-23-29(26-50)53-27-42(34)54/h1-24,27H. The van der Waals surface area contributed by atoms with Crippen molar-refractivity contribution in [1.29, 1.82) is 10.5 Å². The van der Waals surface area contributed by atoms with Crippen LogP contribution in [0.2, 0.25) is 0 Å². The average Bonchev–Trinajstić information content (AvgIpc) is 3.87. The van der Waals surface area contributed by atoms with Gasteiger partial charge in [0.15, 0.2) is 0 Å². The largest absolute Gasteiger partial charge is 0.457 e. The molecule has 0 saturated heterocycles. The van der Waals surface area contributed by atoms with Gasteiger partial charge in [-0.3, -0.25) is 9.97 Å². The number of pyridine rings is 3. The first-order chi connectivity index (χ1) is 27.7. The molecule has 0 atom stereocenters. The zero-order valence-electron chi connectivity index (χ0n) is 29.5. The minimum Gasteiger partial charge on any atom is -0.457 e. The molecule has 0 saturated carbocycles. The Bertz CT molecular complexity index is 3410. The zero-order chi connectivity index (χ0) is 37.1. The summed E-state index contributed by atoms with van der Waals surface area (Å²) in [5.74, 6) is 1.44. The van der Waals surface area contributed by atoms with Gasteiger partial charge < -0.3 is 13.9 Å². The van der Waals surface area contributed by atoms with E-state index in [0.29, 0.717) is 17.0 Å². The number of hydrogen-bond acceptors (Lipinski definition) is 6. The van der Waals surface area contributed by atoms with E-state index in [1.807, 2.05) is 67.0 Å². The van der Waals surface area contributed by atoms with E-state index in [9.17, 15) is 10.5 Å². The minimum absolute atomic E-state index is 0.373. The van der Waals surface area contributed by atoms with Crippen molar-refractivity contribution >= 4 is 43.6 Å². The van der Waals surface area contributed by atoms with Crippen LogP contribution < -0.4 is 4.74 Å². The Balaban J connectivity index is 1.19. The van der Waals surface area contributed by atoms with Crippen molar-refractivity contribution in [3.05, 3.63) is 186 Å². The van der Waals surface area contributed by atoms with Crippen molar-refractivity contribution in [2.75, 3.05) is 0 Å². The summed E-state index contributed by atoms with van der Waals surface area (Å²) in [4.78, 5) is 14.4. The van der Waals surface area contributed by atoms with Crippen LogP contribution in [0, 0.1) is 22.7 Å². The first-order valence-corrected chi connectivity index (χ1v) is 18.3. The van der Waals surface area contributed by atoms with Crippen LogP contribution in [0.4, 0.5) is 0 Å². The molecule has 6 heterocycles. The van der Waals surface area contributed by atoms with Crippen LogP contribution in [0.5, 0.6) is 11.5 Å². The molecule has 0 unspecified atom stereocenters. The van der Waals surface area contributed by atoms with Gasteiger partial charge in [-0.25, -0.2) is 4.98 Å². The Labute approximate surface area is 319 Å². The summed E-state index contributed by atoms with van der Waals surface area (Å²) in [5.41, 5.74) is 11.6. The van der Waals surface area contributed by atoms with Crippen molar-refractivity contribution in [1.82, 2.24) is 24.1 Å². The van der Waals surface area contributed by atoms with E-state index < -0.39 is 5.41 Å². The molecule has 8 nitrogen and oxygen atoms in total. The third-order valence-electron chi connectivity index (χ3n) is 11.6. The van der Waals surface area contributed by atoms with Crippen LogP contribution in [0.1, 0.15) is 33.5 Å². The summed E-state index contributed by atoms with van der Waals surface area (Å²) in [6.07, 6.45) is 5.45. The van der Waals surface area contributed by atoms with Gasteiger partial charge in [0.25, 0.3) is 0 Å². The van der Waals surface area contributed by atoms with E-state index >= 15 is 0 Å². The summed E-state index contributed by atoms with van der Waals surface area (Å²) in [5, 5.41) is 23.6. The number of nitriles is 2. The molecule has 0 bridgehead atoms. The molecule has 0 radical (unpaired) electrons. The normalized spacial score (nSPS) is 13.2. The highest BCUT2D eigenvalue weighted by Crippen LogP contribution is 2.63. The summed E-state index contributed by atoms with van der Waals surface area (Å²) in [7, 11) is 0. The van der Waals surface area contributed by atoms with Gasteiger partial charge in [0.1, 0.15) is 23.3 Å². The molecule has 5 aromatic heterocycles. The molecule has 1 spiro atoms. The SMILES string of the molecule is N#Cc1ccc2c(c1)c1ccccc1n2-c1cccc2c1C1(c3ccc(-n4c5ccccc5c5cc(C#N)ncc54)cc3O2)c2cccnc2-c2ncccc21. The highest BCUT2D eigenvalue weighted by molar-refractivity contribution is 6.11. The second kappa shape index (κ2) is 11.0. The number of aromatic nitrogens is 5. The van der Waals surface area contributed by atoms with Gasteiger partial charge >= 0.3 is 0 Å². The predicted molar refractivity (Wildman–Crippen MR) is 215 cm³/mol. The molecule has 5 aromatic carbocycles. The fourth-order valence-corrected chi connectivity index (χ4v) is 9.47. The molecule has 1 aliphatic carbocycles. The van der Waals surface area contributed by atoms with E-state index in [2.05, 4.69) is 105 Å². The average molecular weight is 716 g/mol. The van der Waals surface area contributed by atoms with E-state index in [0.717, 1.165) is 94.4 Å². The van der Waals surface area contributed by atoms with Crippen molar-refractivity contribution in [3.63, 3.8) is 0 Å². The van der Waals surface area contributed by atoms with Gasteiger partial charge in [0, 0.05) is 56.8 Å². The van der Waals surface area contributed by atoms with E-state index in [4.69, 9.17) is 14.7 Å². The number of benzene rings is 5. The van der Waals surface area contributed by atoms with Crippen LogP contribution in [-0.2, 0) is 5.41 Å². The summed E-state index contributed by atoms with van der Waals surface area (Å²) in [6.45, 7) is 0. The molecule has 8 heteroatoms. The predicted octanol–water partition coefficient (Wildman–Crippen LogP) is 10.3. The molecule has 2 aliphatic rings. The number of nitrogens with zero attached hydrogens (tertiary/aromatic N) is 7. The first-order valence-electron chi connectivity index (χ1n) is 18.3. The van der Waals surface area contributed by atoms with E-state index in [-0.39, 0.29) is 0 Å². The van der Waals surface area contributed by atoms with Crippen LogP contribution >= 0.6 is 0 Å². The van der Waals surface area contributed by atoms with Gasteiger partial charge in [-0.15, -0.1) is 0 Å². The van der Waals surface area contributed by atoms with E-state index in [1.165, 1.54) is 0 Å². The van der Waals surface area contributed by atoms with Crippen LogP contribution in [0.3, 0.4) is 0 Å². The highest BCUT2D eigenvalue weighted by atomic mass is 16.5. The molecule has 0 fully saturated rings. The molecule has 12 rings (SSSR count). The topological polar surface area (TPSA) is 105 Å². The molecule has 0 N–H and O–H groups in total. The number of hydrogen-bond donors (Lipinski definition) is 0. The summed E-state index contributed by atoms with van der Waals surface area (Å²) < 4.78 is 11.6. The van der Waals surface area contributed by atoms with Crippen molar-refractivity contribution in [2.45, 2.75) is 5.41 Å². The molecule has 56 heavy (non-hydrogen) atoms. The summed E-state index contributed by atoms with van der Waals surface area (Å²) >= 11 is 0. The maximum atomic E-state index is 9.87. The highest BCUT2D eigenvalue weighted by Gasteiger charge is 2.54. The van der Waals surface area contributed by atoms with Crippen molar-refractivity contribution in [3.8, 4) is 46.4 Å². The lowest BCUT2D eigenvalue weighted by Crippen LogP contribution is -2.33. The number of para-hydroxylation sites is 2. The lowest BCUT2D eigenvalue weighted by molar-refractivity contribution is 0.435. The lowest BCUT2D eigenvalue weighted by atomic mass is 9.65. The van der Waals surface area contributed by atoms with Crippen LogP contribution in [0.15, 0.2) is 152 Å². The Hall–Kier alpha value is -8.07. The monoisotopic (exact) mass is 715 g/mol.